The Bertz CT molecular complexity index is 1320. The quantitative estimate of drug-likeness (QED) is 0.296. The number of nitrogens with one attached hydrogen (secondary N) is 1. The predicted molar refractivity (Wildman–Crippen MR) is 150 cm³/mol. The second-order valence-electron chi connectivity index (χ2n) is 9.61. The summed E-state index contributed by atoms with van der Waals surface area (Å²) in [5.41, 5.74) is 2.07. The van der Waals surface area contributed by atoms with Crippen molar-refractivity contribution in [3.63, 3.8) is 0 Å². The Morgan fingerprint density at radius 3 is 2.60 bits per heavy atom. The van der Waals surface area contributed by atoms with E-state index in [1.54, 1.807) is 42.5 Å². The number of aliphatic hydroxyl groups is 3. The highest BCUT2D eigenvalue weighted by molar-refractivity contribution is 6.42. The maximum Gasteiger partial charge on any atom is 0.247 e. The van der Waals surface area contributed by atoms with Crippen molar-refractivity contribution in [2.75, 3.05) is 20.3 Å². The van der Waals surface area contributed by atoms with Gasteiger partial charge in [0.1, 0.15) is 12.2 Å². The highest BCUT2D eigenvalue weighted by atomic mass is 35.5. The van der Waals surface area contributed by atoms with Crippen molar-refractivity contribution in [2.45, 2.75) is 50.2 Å². The molecule has 2 aromatic carbocycles. The molecule has 0 unspecified atom stereocenters. The van der Waals surface area contributed by atoms with E-state index >= 15 is 0 Å². The van der Waals surface area contributed by atoms with Gasteiger partial charge in [0.25, 0.3) is 0 Å². The van der Waals surface area contributed by atoms with Crippen LogP contribution in [-0.2, 0) is 22.7 Å². The van der Waals surface area contributed by atoms with Crippen LogP contribution in [0.4, 0.5) is 0 Å². The van der Waals surface area contributed by atoms with Crippen LogP contribution >= 0.6 is 23.2 Å². The average Bonchev–Trinajstić information content (AvgIpc) is 3.35. The molecule has 2 amide bonds. The molecule has 1 aliphatic carbocycles. The molecule has 0 spiro atoms. The lowest BCUT2D eigenvalue weighted by atomic mass is 9.77. The van der Waals surface area contributed by atoms with Crippen LogP contribution in [0.3, 0.4) is 0 Å². The third-order valence-electron chi connectivity index (χ3n) is 7.07. The first kappa shape index (κ1) is 29.9. The number of methoxy groups -OCH3 is 1. The molecule has 4 rings (SSSR count). The minimum absolute atomic E-state index is 0.0136. The molecular formula is C29H32Cl2N2O7. The van der Waals surface area contributed by atoms with E-state index in [1.807, 2.05) is 0 Å². The zero-order valence-corrected chi connectivity index (χ0v) is 23.5. The molecule has 2 aromatic rings. The molecule has 1 aliphatic heterocycles. The first-order valence-corrected chi connectivity index (χ1v) is 13.6. The molecule has 0 saturated carbocycles. The molecule has 40 heavy (non-hydrogen) atoms. The van der Waals surface area contributed by atoms with Crippen molar-refractivity contribution in [3.8, 4) is 11.5 Å². The molecule has 4 N–H and O–H groups in total. The van der Waals surface area contributed by atoms with Crippen molar-refractivity contribution in [1.29, 1.82) is 0 Å². The number of hydrogen-bond acceptors (Lipinski definition) is 7. The summed E-state index contributed by atoms with van der Waals surface area (Å²) in [6.07, 6.45) is 1.60. The van der Waals surface area contributed by atoms with Gasteiger partial charge in [0.05, 0.1) is 42.3 Å². The monoisotopic (exact) mass is 590 g/mol. The van der Waals surface area contributed by atoms with Crippen molar-refractivity contribution < 1.29 is 34.4 Å². The standard InChI is InChI=1S/C29H32Cl2N2O7/c1-3-4-5-24(36)33(14-16-6-7-20(30)21(31)11-16)22-13-19(29(38)32-8-9-34)25-18-10-17(15-35)12-23(39-2)27(18)40-28(25)26(22)37/h3,6-7,10-13,22,25-26,28,34-35,37H,1,4-5,8-9,14-15H2,2H3,(H,32,38)/t22-,25+,26+,28+/m1/s1. The van der Waals surface area contributed by atoms with Crippen molar-refractivity contribution in [1.82, 2.24) is 10.2 Å². The molecule has 1 heterocycles. The zero-order chi connectivity index (χ0) is 29.0. The van der Waals surface area contributed by atoms with Crippen LogP contribution in [0.1, 0.15) is 35.4 Å². The Morgan fingerprint density at radius 1 is 1.18 bits per heavy atom. The van der Waals surface area contributed by atoms with Crippen LogP contribution in [0.15, 0.2) is 54.6 Å². The maximum atomic E-state index is 13.5. The van der Waals surface area contributed by atoms with Gasteiger partial charge in [-0.05, 0) is 47.9 Å². The van der Waals surface area contributed by atoms with Gasteiger partial charge < -0.3 is 35.0 Å². The van der Waals surface area contributed by atoms with Gasteiger partial charge in [-0.2, -0.15) is 0 Å². The summed E-state index contributed by atoms with van der Waals surface area (Å²) in [6, 6.07) is 7.42. The number of halogens is 2. The van der Waals surface area contributed by atoms with E-state index in [2.05, 4.69) is 11.9 Å². The lowest BCUT2D eigenvalue weighted by Crippen LogP contribution is -2.55. The highest BCUT2D eigenvalue weighted by Gasteiger charge is 2.51. The lowest BCUT2D eigenvalue weighted by Gasteiger charge is -2.41. The Kier molecular flexibility index (Phi) is 9.76. The van der Waals surface area contributed by atoms with Gasteiger partial charge in [-0.3, -0.25) is 9.59 Å². The average molecular weight is 591 g/mol. The minimum atomic E-state index is -1.23. The first-order chi connectivity index (χ1) is 19.2. The van der Waals surface area contributed by atoms with Crippen LogP contribution in [0, 0.1) is 0 Å². The number of fused-ring (bicyclic) bond motifs is 3. The summed E-state index contributed by atoms with van der Waals surface area (Å²) >= 11 is 12.3. The number of allylic oxidation sites excluding steroid dienone is 1. The Hall–Kier alpha value is -3.08. The molecule has 0 fully saturated rings. The molecule has 4 atom stereocenters. The number of amides is 2. The normalized spacial score (nSPS) is 21.0. The largest absolute Gasteiger partial charge is 0.493 e. The van der Waals surface area contributed by atoms with Crippen LogP contribution < -0.4 is 14.8 Å². The van der Waals surface area contributed by atoms with Gasteiger partial charge in [-0.15, -0.1) is 6.58 Å². The fourth-order valence-corrected chi connectivity index (χ4v) is 5.50. The van der Waals surface area contributed by atoms with E-state index in [4.69, 9.17) is 32.7 Å². The van der Waals surface area contributed by atoms with Crippen LogP contribution in [0.5, 0.6) is 11.5 Å². The summed E-state index contributed by atoms with van der Waals surface area (Å²) < 4.78 is 11.7. The topological polar surface area (TPSA) is 129 Å². The van der Waals surface area contributed by atoms with Gasteiger partial charge in [-0.25, -0.2) is 0 Å². The molecule has 9 nitrogen and oxygen atoms in total. The number of rotatable bonds is 11. The van der Waals surface area contributed by atoms with Crippen LogP contribution in [0.25, 0.3) is 0 Å². The maximum absolute atomic E-state index is 13.5. The Labute approximate surface area is 242 Å². The van der Waals surface area contributed by atoms with Crippen molar-refractivity contribution in [2.24, 2.45) is 0 Å². The number of aliphatic hydroxyl groups excluding tert-OH is 3. The molecule has 0 aromatic heterocycles. The lowest BCUT2D eigenvalue weighted by molar-refractivity contribution is -0.138. The van der Waals surface area contributed by atoms with Crippen molar-refractivity contribution >= 4 is 35.0 Å². The summed E-state index contributed by atoms with van der Waals surface area (Å²) in [7, 11) is 1.46. The smallest absolute Gasteiger partial charge is 0.247 e. The van der Waals surface area contributed by atoms with E-state index < -0.39 is 30.1 Å². The molecule has 11 heteroatoms. The fourth-order valence-electron chi connectivity index (χ4n) is 5.18. The molecule has 2 aliphatic rings. The number of carbonyl (C=O) groups excluding carboxylic acids is 2. The van der Waals surface area contributed by atoms with E-state index in [1.165, 1.54) is 12.0 Å². The molecular weight excluding hydrogens is 559 g/mol. The number of ether oxygens (including phenoxy) is 2. The Morgan fingerprint density at radius 2 is 1.95 bits per heavy atom. The second kappa shape index (κ2) is 13.1. The summed E-state index contributed by atoms with van der Waals surface area (Å²) in [5.74, 6) is -0.751. The minimum Gasteiger partial charge on any atom is -0.493 e. The van der Waals surface area contributed by atoms with E-state index in [-0.39, 0.29) is 44.2 Å². The number of benzene rings is 2. The molecule has 0 radical (unpaired) electrons. The molecule has 0 bridgehead atoms. The summed E-state index contributed by atoms with van der Waals surface area (Å²) in [4.78, 5) is 28.4. The van der Waals surface area contributed by atoms with Crippen LogP contribution in [0.2, 0.25) is 10.0 Å². The SMILES string of the molecule is C=CCCC(=O)N(Cc1ccc(Cl)c(Cl)c1)[C@@H]1C=C(C(=O)NCCO)[C@@H]2c3cc(CO)cc(OC)c3O[C@@H]2[C@H]1O. The Balaban J connectivity index is 1.82. The number of carbonyl (C=O) groups is 2. The van der Waals surface area contributed by atoms with Gasteiger partial charge in [0.15, 0.2) is 11.5 Å². The third kappa shape index (κ3) is 5.99. The fraction of sp³-hybridized carbons (Fsp3) is 0.379. The van der Waals surface area contributed by atoms with Crippen molar-refractivity contribution in [3.05, 3.63) is 81.4 Å². The summed E-state index contributed by atoms with van der Waals surface area (Å²) in [5, 5.41) is 34.2. The zero-order valence-electron chi connectivity index (χ0n) is 22.0. The number of nitrogens with zero attached hydrogens (tertiary/aromatic N) is 1. The number of hydrogen-bond donors (Lipinski definition) is 4. The van der Waals surface area contributed by atoms with Gasteiger partial charge in [-0.1, -0.05) is 35.3 Å². The highest BCUT2D eigenvalue weighted by Crippen LogP contribution is 2.51. The van der Waals surface area contributed by atoms with Gasteiger partial charge in [0.2, 0.25) is 11.8 Å². The summed E-state index contributed by atoms with van der Waals surface area (Å²) in [6.45, 7) is 3.26. The molecule has 214 valence electrons. The second-order valence-corrected chi connectivity index (χ2v) is 10.4. The van der Waals surface area contributed by atoms with Gasteiger partial charge in [0, 0.05) is 30.6 Å². The third-order valence-corrected chi connectivity index (χ3v) is 7.81. The van der Waals surface area contributed by atoms with E-state index in [9.17, 15) is 24.9 Å². The van der Waals surface area contributed by atoms with E-state index in [0.29, 0.717) is 44.7 Å². The van der Waals surface area contributed by atoms with E-state index in [0.717, 1.165) is 0 Å². The molecule has 0 saturated heterocycles. The first-order valence-electron chi connectivity index (χ1n) is 12.8. The predicted octanol–water partition coefficient (Wildman–Crippen LogP) is 3.11. The van der Waals surface area contributed by atoms with Crippen LogP contribution in [-0.4, -0.2) is 70.5 Å². The van der Waals surface area contributed by atoms with Gasteiger partial charge >= 0.3 is 0 Å².